The molecule has 2 N–H and O–H groups in total. The van der Waals surface area contributed by atoms with Crippen LogP contribution in [0, 0.1) is 0 Å². The van der Waals surface area contributed by atoms with Crippen molar-refractivity contribution in [3.05, 3.63) is 24.3 Å². The summed E-state index contributed by atoms with van der Waals surface area (Å²) in [6.45, 7) is 4.66. The normalized spacial score (nSPS) is 10.6. The molecule has 0 aliphatic carbocycles. The van der Waals surface area contributed by atoms with Crippen LogP contribution in [0.5, 0.6) is 5.75 Å². The van der Waals surface area contributed by atoms with Gasteiger partial charge in [-0.2, -0.15) is 0 Å². The molecule has 0 spiro atoms. The number of benzene rings is 1. The number of para-hydroxylation sites is 2. The second kappa shape index (κ2) is 9.34. The van der Waals surface area contributed by atoms with E-state index in [0.29, 0.717) is 18.9 Å². The first kappa shape index (κ1) is 16.5. The predicted octanol–water partition coefficient (Wildman–Crippen LogP) is 1.57. The Morgan fingerprint density at radius 3 is 2.75 bits per heavy atom. The summed E-state index contributed by atoms with van der Waals surface area (Å²) in [5.74, 6) is 0.651. The second-order valence-corrected chi connectivity index (χ2v) is 4.81. The summed E-state index contributed by atoms with van der Waals surface area (Å²) in [7, 11) is 4.08. The molecule has 0 unspecified atom stereocenters. The van der Waals surface area contributed by atoms with E-state index in [1.54, 1.807) is 0 Å². The zero-order valence-corrected chi connectivity index (χ0v) is 12.6. The second-order valence-electron chi connectivity index (χ2n) is 4.81. The van der Waals surface area contributed by atoms with Crippen molar-refractivity contribution in [2.24, 2.45) is 0 Å². The van der Waals surface area contributed by atoms with Crippen LogP contribution in [0.4, 0.5) is 5.69 Å². The van der Waals surface area contributed by atoms with E-state index in [2.05, 4.69) is 15.5 Å². The summed E-state index contributed by atoms with van der Waals surface area (Å²) in [5, 5.41) is 5.99. The molecule has 0 fully saturated rings. The zero-order valence-electron chi connectivity index (χ0n) is 12.6. The third-order valence-electron chi connectivity index (χ3n) is 2.71. The Morgan fingerprint density at radius 2 is 2.05 bits per heavy atom. The molecule has 1 rings (SSSR count). The highest BCUT2D eigenvalue weighted by atomic mass is 16.5. The van der Waals surface area contributed by atoms with Gasteiger partial charge in [-0.1, -0.05) is 12.1 Å². The van der Waals surface area contributed by atoms with Crippen LogP contribution in [0.1, 0.15) is 13.3 Å². The molecule has 5 nitrogen and oxygen atoms in total. The number of ether oxygens (including phenoxy) is 1. The molecule has 20 heavy (non-hydrogen) atoms. The Balaban J connectivity index is 2.31. The van der Waals surface area contributed by atoms with Crippen molar-refractivity contribution >= 4 is 11.6 Å². The molecular weight excluding hydrogens is 254 g/mol. The van der Waals surface area contributed by atoms with Gasteiger partial charge in [0.1, 0.15) is 5.75 Å². The fourth-order valence-corrected chi connectivity index (χ4v) is 1.77. The van der Waals surface area contributed by atoms with Crippen molar-refractivity contribution in [3.63, 3.8) is 0 Å². The molecule has 0 saturated carbocycles. The lowest BCUT2D eigenvalue weighted by atomic mass is 10.3. The molecule has 0 aliphatic rings. The summed E-state index contributed by atoms with van der Waals surface area (Å²) < 4.78 is 5.47. The van der Waals surface area contributed by atoms with Crippen molar-refractivity contribution < 1.29 is 9.53 Å². The minimum Gasteiger partial charge on any atom is -0.492 e. The number of amides is 1. The highest BCUT2D eigenvalue weighted by molar-refractivity contribution is 5.93. The van der Waals surface area contributed by atoms with Gasteiger partial charge in [0.15, 0.2) is 0 Å². The largest absolute Gasteiger partial charge is 0.492 e. The van der Waals surface area contributed by atoms with Crippen LogP contribution in [-0.4, -0.2) is 51.1 Å². The Hall–Kier alpha value is -1.59. The molecular formula is C15H25N3O2. The standard InChI is InChI=1S/C15H25N3O2/c1-4-20-14-9-6-5-8-13(14)17-15(19)12-16-10-7-11-18(2)3/h5-6,8-9,16H,4,7,10-12H2,1-3H3,(H,17,19). The quantitative estimate of drug-likeness (QED) is 0.674. The fraction of sp³-hybridized carbons (Fsp3) is 0.533. The molecule has 0 bridgehead atoms. The average molecular weight is 279 g/mol. The van der Waals surface area contributed by atoms with Gasteiger partial charge in [-0.05, 0) is 52.7 Å². The smallest absolute Gasteiger partial charge is 0.238 e. The molecule has 5 heteroatoms. The van der Waals surface area contributed by atoms with E-state index in [0.717, 1.165) is 25.2 Å². The monoisotopic (exact) mass is 279 g/mol. The lowest BCUT2D eigenvalue weighted by molar-refractivity contribution is -0.115. The number of nitrogens with one attached hydrogen (secondary N) is 2. The SMILES string of the molecule is CCOc1ccccc1NC(=O)CNCCCN(C)C. The molecule has 0 aromatic heterocycles. The summed E-state index contributed by atoms with van der Waals surface area (Å²) in [6, 6.07) is 7.46. The van der Waals surface area contributed by atoms with Crippen LogP contribution in [0.25, 0.3) is 0 Å². The maximum atomic E-state index is 11.8. The first-order valence-electron chi connectivity index (χ1n) is 7.00. The molecule has 1 aromatic carbocycles. The number of anilines is 1. The van der Waals surface area contributed by atoms with E-state index in [1.807, 2.05) is 45.3 Å². The van der Waals surface area contributed by atoms with Gasteiger partial charge in [-0.25, -0.2) is 0 Å². The van der Waals surface area contributed by atoms with Gasteiger partial charge in [-0.3, -0.25) is 4.79 Å². The van der Waals surface area contributed by atoms with Gasteiger partial charge in [0.25, 0.3) is 0 Å². The minimum absolute atomic E-state index is 0.0537. The third-order valence-corrected chi connectivity index (χ3v) is 2.71. The maximum absolute atomic E-state index is 11.8. The number of nitrogens with zero attached hydrogens (tertiary/aromatic N) is 1. The number of carbonyl (C=O) groups is 1. The van der Waals surface area contributed by atoms with Crippen molar-refractivity contribution in [2.75, 3.05) is 45.7 Å². The molecule has 0 atom stereocenters. The van der Waals surface area contributed by atoms with Crippen LogP contribution in [0.3, 0.4) is 0 Å². The average Bonchev–Trinajstić information content (AvgIpc) is 2.40. The van der Waals surface area contributed by atoms with Gasteiger partial charge in [0.2, 0.25) is 5.91 Å². The van der Waals surface area contributed by atoms with Crippen LogP contribution in [0.15, 0.2) is 24.3 Å². The summed E-state index contributed by atoms with van der Waals surface area (Å²) in [6.07, 6.45) is 1.02. The van der Waals surface area contributed by atoms with Crippen molar-refractivity contribution in [3.8, 4) is 5.75 Å². The number of hydrogen-bond acceptors (Lipinski definition) is 4. The number of rotatable bonds is 9. The first-order valence-corrected chi connectivity index (χ1v) is 7.00. The molecule has 1 amide bonds. The maximum Gasteiger partial charge on any atom is 0.238 e. The molecule has 1 aromatic rings. The topological polar surface area (TPSA) is 53.6 Å². The molecule has 0 saturated heterocycles. The van der Waals surface area contributed by atoms with Gasteiger partial charge in [0, 0.05) is 0 Å². The molecule has 112 valence electrons. The zero-order chi connectivity index (χ0) is 14.8. The van der Waals surface area contributed by atoms with Crippen LogP contribution >= 0.6 is 0 Å². The van der Waals surface area contributed by atoms with Gasteiger partial charge >= 0.3 is 0 Å². The highest BCUT2D eigenvalue weighted by Crippen LogP contribution is 2.23. The predicted molar refractivity (Wildman–Crippen MR) is 82.3 cm³/mol. The summed E-state index contributed by atoms with van der Waals surface area (Å²) >= 11 is 0. The first-order chi connectivity index (χ1) is 9.63. The van der Waals surface area contributed by atoms with E-state index in [1.165, 1.54) is 0 Å². The minimum atomic E-state index is -0.0537. The lowest BCUT2D eigenvalue weighted by Gasteiger charge is -2.12. The van der Waals surface area contributed by atoms with Gasteiger partial charge in [0.05, 0.1) is 18.8 Å². The Bertz CT molecular complexity index is 408. The fourth-order valence-electron chi connectivity index (χ4n) is 1.77. The number of carbonyl (C=O) groups excluding carboxylic acids is 1. The van der Waals surface area contributed by atoms with E-state index >= 15 is 0 Å². The van der Waals surface area contributed by atoms with Gasteiger partial charge in [-0.15, -0.1) is 0 Å². The van der Waals surface area contributed by atoms with E-state index in [4.69, 9.17) is 4.74 Å². The van der Waals surface area contributed by atoms with Crippen LogP contribution in [0.2, 0.25) is 0 Å². The van der Waals surface area contributed by atoms with Crippen LogP contribution in [-0.2, 0) is 4.79 Å². The van der Waals surface area contributed by atoms with E-state index in [-0.39, 0.29) is 5.91 Å². The van der Waals surface area contributed by atoms with E-state index in [9.17, 15) is 4.79 Å². The Morgan fingerprint density at radius 1 is 1.30 bits per heavy atom. The van der Waals surface area contributed by atoms with Gasteiger partial charge < -0.3 is 20.3 Å². The van der Waals surface area contributed by atoms with E-state index < -0.39 is 0 Å². The van der Waals surface area contributed by atoms with Crippen molar-refractivity contribution in [2.45, 2.75) is 13.3 Å². The summed E-state index contributed by atoms with van der Waals surface area (Å²) in [4.78, 5) is 14.0. The van der Waals surface area contributed by atoms with Crippen LogP contribution < -0.4 is 15.4 Å². The Labute approximate surface area is 121 Å². The Kier molecular flexibility index (Phi) is 7.69. The lowest BCUT2D eigenvalue weighted by Crippen LogP contribution is -2.30. The molecule has 0 aliphatic heterocycles. The summed E-state index contributed by atoms with van der Waals surface area (Å²) in [5.41, 5.74) is 0.717. The highest BCUT2D eigenvalue weighted by Gasteiger charge is 2.06. The number of hydrogen-bond donors (Lipinski definition) is 2. The molecule has 0 heterocycles. The third kappa shape index (κ3) is 6.54. The van der Waals surface area contributed by atoms with Crippen molar-refractivity contribution in [1.82, 2.24) is 10.2 Å². The van der Waals surface area contributed by atoms with Crippen molar-refractivity contribution in [1.29, 1.82) is 0 Å². The molecule has 0 radical (unpaired) electrons.